The van der Waals surface area contributed by atoms with Gasteiger partial charge in [0.05, 0.1) is 11.9 Å². The Morgan fingerprint density at radius 1 is 1.08 bits per heavy atom. The topological polar surface area (TPSA) is 73.9 Å². The molecule has 0 saturated heterocycles. The molecule has 0 atom stereocenters. The summed E-state index contributed by atoms with van der Waals surface area (Å²) >= 11 is 0. The number of amides is 2. The van der Waals surface area contributed by atoms with Crippen LogP contribution in [0.5, 0.6) is 0 Å². The van der Waals surface area contributed by atoms with Crippen molar-refractivity contribution in [3.8, 4) is 0 Å². The van der Waals surface area contributed by atoms with Crippen LogP contribution in [0.1, 0.15) is 11.1 Å². The van der Waals surface area contributed by atoms with E-state index in [4.69, 9.17) is 0 Å². The maximum atomic E-state index is 12.6. The highest BCUT2D eigenvalue weighted by Gasteiger charge is 2.14. The summed E-state index contributed by atoms with van der Waals surface area (Å²) in [4.78, 5) is 18.4. The second kappa shape index (κ2) is 7.92. The van der Waals surface area contributed by atoms with E-state index in [0.717, 1.165) is 12.0 Å². The predicted molar refractivity (Wildman–Crippen MR) is 92.4 cm³/mol. The van der Waals surface area contributed by atoms with Gasteiger partial charge >= 0.3 is 6.03 Å². The van der Waals surface area contributed by atoms with Gasteiger partial charge in [-0.25, -0.2) is 4.79 Å². The molecule has 122 valence electrons. The molecule has 2 amide bonds. The number of anilines is 1. The van der Waals surface area contributed by atoms with Crippen molar-refractivity contribution >= 4 is 11.7 Å². The average Bonchev–Trinajstić information content (AvgIpc) is 3.13. The summed E-state index contributed by atoms with van der Waals surface area (Å²) < 4.78 is 0. The third-order valence-corrected chi connectivity index (χ3v) is 3.67. The second-order valence-corrected chi connectivity index (χ2v) is 5.43. The van der Waals surface area contributed by atoms with Crippen LogP contribution in [-0.2, 0) is 13.0 Å². The van der Waals surface area contributed by atoms with Crippen LogP contribution in [0, 0.1) is 0 Å². The first-order chi connectivity index (χ1) is 11.8. The number of benzene rings is 1. The monoisotopic (exact) mass is 321 g/mol. The molecule has 0 aliphatic rings. The number of hydrogen-bond donors (Lipinski definition) is 2. The van der Waals surface area contributed by atoms with Crippen LogP contribution in [0.25, 0.3) is 0 Å². The molecule has 2 heterocycles. The quantitative estimate of drug-likeness (QED) is 0.732. The van der Waals surface area contributed by atoms with Crippen LogP contribution < -0.4 is 5.32 Å². The Morgan fingerprint density at radius 3 is 2.58 bits per heavy atom. The summed E-state index contributed by atoms with van der Waals surface area (Å²) in [5.41, 5.74) is 2.90. The van der Waals surface area contributed by atoms with Gasteiger partial charge in [0, 0.05) is 31.7 Å². The van der Waals surface area contributed by atoms with Crippen molar-refractivity contribution in [1.29, 1.82) is 0 Å². The number of nitrogens with zero attached hydrogens (tertiary/aromatic N) is 3. The number of pyridine rings is 1. The van der Waals surface area contributed by atoms with Crippen molar-refractivity contribution in [3.05, 3.63) is 78.4 Å². The Morgan fingerprint density at radius 2 is 1.88 bits per heavy atom. The fourth-order valence-electron chi connectivity index (χ4n) is 2.39. The van der Waals surface area contributed by atoms with E-state index in [0.29, 0.717) is 18.8 Å². The second-order valence-electron chi connectivity index (χ2n) is 5.43. The average molecular weight is 321 g/mol. The van der Waals surface area contributed by atoms with E-state index >= 15 is 0 Å². The third kappa shape index (κ3) is 4.42. The summed E-state index contributed by atoms with van der Waals surface area (Å²) in [6.07, 6.45) is 7.50. The number of nitrogens with one attached hydrogen (secondary N) is 2. The molecular formula is C18H19N5O. The number of carbonyl (C=O) groups is 1. The fourth-order valence-corrected chi connectivity index (χ4v) is 2.39. The van der Waals surface area contributed by atoms with Crippen molar-refractivity contribution < 1.29 is 4.79 Å². The molecule has 0 spiro atoms. The molecule has 1 aromatic carbocycles. The van der Waals surface area contributed by atoms with Gasteiger partial charge in [0.15, 0.2) is 0 Å². The summed E-state index contributed by atoms with van der Waals surface area (Å²) in [5, 5.41) is 9.39. The summed E-state index contributed by atoms with van der Waals surface area (Å²) in [6.45, 7) is 1.15. The van der Waals surface area contributed by atoms with Crippen LogP contribution in [0.2, 0.25) is 0 Å². The van der Waals surface area contributed by atoms with Gasteiger partial charge in [-0.15, -0.1) is 0 Å². The number of aromatic nitrogens is 3. The number of rotatable bonds is 6. The van der Waals surface area contributed by atoms with E-state index < -0.39 is 0 Å². The molecule has 0 saturated carbocycles. The third-order valence-electron chi connectivity index (χ3n) is 3.67. The standard InChI is InChI=1S/C18H19N5O/c24-18(22-17-12-20-21-13-17)23(14-16-6-9-19-10-7-16)11-8-15-4-2-1-3-5-15/h1-7,9-10,12-13H,8,11,14H2,(H,20,21)(H,22,24). The van der Waals surface area contributed by atoms with Crippen molar-refractivity contribution in [2.75, 3.05) is 11.9 Å². The minimum absolute atomic E-state index is 0.149. The lowest BCUT2D eigenvalue weighted by molar-refractivity contribution is 0.210. The van der Waals surface area contributed by atoms with Crippen LogP contribution >= 0.6 is 0 Å². The first kappa shape index (κ1) is 15.7. The molecule has 3 aromatic rings. The molecule has 24 heavy (non-hydrogen) atoms. The zero-order valence-electron chi connectivity index (χ0n) is 13.2. The molecule has 2 aromatic heterocycles. The van der Waals surface area contributed by atoms with E-state index in [2.05, 4.69) is 32.6 Å². The maximum Gasteiger partial charge on any atom is 0.322 e. The first-order valence-corrected chi connectivity index (χ1v) is 7.79. The van der Waals surface area contributed by atoms with Gasteiger partial charge in [-0.3, -0.25) is 10.1 Å². The molecule has 0 fully saturated rings. The molecule has 0 radical (unpaired) electrons. The molecule has 2 N–H and O–H groups in total. The molecule has 6 nitrogen and oxygen atoms in total. The van der Waals surface area contributed by atoms with Crippen molar-refractivity contribution in [2.45, 2.75) is 13.0 Å². The largest absolute Gasteiger partial charge is 0.322 e. The Labute approximate surface area is 140 Å². The van der Waals surface area contributed by atoms with Crippen molar-refractivity contribution in [2.24, 2.45) is 0 Å². The number of aromatic amines is 1. The van der Waals surface area contributed by atoms with Gasteiger partial charge in [0.2, 0.25) is 0 Å². The highest BCUT2D eigenvalue weighted by Crippen LogP contribution is 2.10. The smallest absolute Gasteiger partial charge is 0.320 e. The molecule has 0 aliphatic heterocycles. The van der Waals surface area contributed by atoms with E-state index in [1.807, 2.05) is 30.3 Å². The molecule has 3 rings (SSSR count). The molecule has 0 bridgehead atoms. The van der Waals surface area contributed by atoms with Gasteiger partial charge in [-0.1, -0.05) is 30.3 Å². The van der Waals surface area contributed by atoms with Crippen molar-refractivity contribution in [1.82, 2.24) is 20.1 Å². The number of urea groups is 1. The summed E-state index contributed by atoms with van der Waals surface area (Å²) in [7, 11) is 0. The van der Waals surface area contributed by atoms with Gasteiger partial charge in [-0.05, 0) is 29.7 Å². The minimum atomic E-state index is -0.149. The normalized spacial score (nSPS) is 10.3. The predicted octanol–water partition coefficient (Wildman–Crippen LogP) is 3.08. The lowest BCUT2D eigenvalue weighted by atomic mass is 10.1. The summed E-state index contributed by atoms with van der Waals surface area (Å²) in [5.74, 6) is 0. The van der Waals surface area contributed by atoms with Gasteiger partial charge in [0.25, 0.3) is 0 Å². The minimum Gasteiger partial charge on any atom is -0.320 e. The Hall–Kier alpha value is -3.15. The lowest BCUT2D eigenvalue weighted by Crippen LogP contribution is -2.36. The fraction of sp³-hybridized carbons (Fsp3) is 0.167. The Balaban J connectivity index is 1.68. The van der Waals surface area contributed by atoms with Crippen LogP contribution in [-0.4, -0.2) is 32.7 Å². The molecular weight excluding hydrogens is 302 g/mol. The number of carbonyl (C=O) groups excluding carboxylic acids is 1. The lowest BCUT2D eigenvalue weighted by Gasteiger charge is -2.23. The molecule has 0 unspecified atom stereocenters. The SMILES string of the molecule is O=C(Nc1cn[nH]c1)N(CCc1ccccc1)Cc1ccncc1. The van der Waals surface area contributed by atoms with Crippen LogP contribution in [0.15, 0.2) is 67.3 Å². The number of hydrogen-bond acceptors (Lipinski definition) is 3. The van der Waals surface area contributed by atoms with Gasteiger partial charge in [-0.2, -0.15) is 5.10 Å². The van der Waals surface area contributed by atoms with E-state index in [1.54, 1.807) is 29.7 Å². The molecule has 6 heteroatoms. The highest BCUT2D eigenvalue weighted by atomic mass is 16.2. The Kier molecular flexibility index (Phi) is 5.19. The van der Waals surface area contributed by atoms with Gasteiger partial charge < -0.3 is 10.2 Å². The van der Waals surface area contributed by atoms with E-state index in [1.165, 1.54) is 5.56 Å². The van der Waals surface area contributed by atoms with Gasteiger partial charge in [0.1, 0.15) is 0 Å². The maximum absolute atomic E-state index is 12.6. The zero-order chi connectivity index (χ0) is 16.6. The summed E-state index contributed by atoms with van der Waals surface area (Å²) in [6, 6.07) is 13.8. The van der Waals surface area contributed by atoms with Crippen molar-refractivity contribution in [3.63, 3.8) is 0 Å². The highest BCUT2D eigenvalue weighted by molar-refractivity contribution is 5.88. The first-order valence-electron chi connectivity index (χ1n) is 7.79. The van der Waals surface area contributed by atoms with Crippen LogP contribution in [0.3, 0.4) is 0 Å². The van der Waals surface area contributed by atoms with E-state index in [-0.39, 0.29) is 6.03 Å². The zero-order valence-corrected chi connectivity index (χ0v) is 13.2. The van der Waals surface area contributed by atoms with E-state index in [9.17, 15) is 4.79 Å². The van der Waals surface area contributed by atoms with Crippen LogP contribution in [0.4, 0.5) is 10.5 Å². The Bertz CT molecular complexity index is 744. The number of H-pyrrole nitrogens is 1. The molecule has 0 aliphatic carbocycles.